The largest absolute Gasteiger partial charge is 0.325 e. The van der Waals surface area contributed by atoms with E-state index in [2.05, 4.69) is 20.8 Å². The first kappa shape index (κ1) is 18.6. The van der Waals surface area contributed by atoms with Gasteiger partial charge in [0.2, 0.25) is 5.91 Å². The van der Waals surface area contributed by atoms with Crippen molar-refractivity contribution in [1.82, 2.24) is 20.1 Å². The molecule has 2 N–H and O–H groups in total. The van der Waals surface area contributed by atoms with Crippen molar-refractivity contribution in [2.24, 2.45) is 7.05 Å². The third-order valence-electron chi connectivity index (χ3n) is 3.55. The number of hydrogen-bond donors (Lipinski definition) is 2. The van der Waals surface area contributed by atoms with Gasteiger partial charge in [0, 0.05) is 18.3 Å². The standard InChI is InChI=1S/C18H16FN5O2S/c1-24-16(12-7-9-13(19)10-8-12)22-23-18(24)27-11-15(25)21-17(26)20-14-5-3-2-4-6-14/h2-10H,11H2,1H3,(H2,20,21,25,26). The molecule has 0 aliphatic heterocycles. The number of carbonyl (C=O) groups excluding carboxylic acids is 2. The van der Waals surface area contributed by atoms with E-state index >= 15 is 0 Å². The van der Waals surface area contributed by atoms with Crippen molar-refractivity contribution in [2.45, 2.75) is 5.16 Å². The molecule has 27 heavy (non-hydrogen) atoms. The molecule has 1 heterocycles. The summed E-state index contributed by atoms with van der Waals surface area (Å²) < 4.78 is 14.7. The van der Waals surface area contributed by atoms with Gasteiger partial charge in [-0.1, -0.05) is 30.0 Å². The predicted molar refractivity (Wildman–Crippen MR) is 101 cm³/mol. The van der Waals surface area contributed by atoms with Crippen molar-refractivity contribution in [3.05, 3.63) is 60.4 Å². The average Bonchev–Trinajstić information content (AvgIpc) is 3.02. The fourth-order valence-electron chi connectivity index (χ4n) is 2.27. The van der Waals surface area contributed by atoms with Gasteiger partial charge in [0.25, 0.3) is 0 Å². The van der Waals surface area contributed by atoms with Crippen LogP contribution in [0.5, 0.6) is 0 Å². The van der Waals surface area contributed by atoms with E-state index < -0.39 is 11.9 Å². The Balaban J connectivity index is 1.54. The summed E-state index contributed by atoms with van der Waals surface area (Å²) in [6.07, 6.45) is 0. The fraction of sp³-hybridized carbons (Fsp3) is 0.111. The molecule has 0 aliphatic rings. The number of benzene rings is 2. The van der Waals surface area contributed by atoms with Gasteiger partial charge in [-0.3, -0.25) is 10.1 Å². The summed E-state index contributed by atoms with van der Waals surface area (Å²) in [4.78, 5) is 23.8. The SMILES string of the molecule is Cn1c(SCC(=O)NC(=O)Nc2ccccc2)nnc1-c1ccc(F)cc1. The van der Waals surface area contributed by atoms with E-state index in [1.165, 1.54) is 12.1 Å². The van der Waals surface area contributed by atoms with Crippen LogP contribution in [0.2, 0.25) is 0 Å². The number of thioether (sulfide) groups is 1. The molecule has 3 amide bonds. The zero-order chi connectivity index (χ0) is 19.2. The molecule has 0 spiro atoms. The number of halogens is 1. The molecule has 9 heteroatoms. The number of urea groups is 1. The minimum Gasteiger partial charge on any atom is -0.308 e. The van der Waals surface area contributed by atoms with Crippen LogP contribution in [0.25, 0.3) is 11.4 Å². The Bertz CT molecular complexity index is 944. The Morgan fingerprint density at radius 2 is 1.78 bits per heavy atom. The van der Waals surface area contributed by atoms with Crippen LogP contribution in [-0.2, 0) is 11.8 Å². The Hall–Kier alpha value is -3.20. The molecule has 138 valence electrons. The molecule has 0 unspecified atom stereocenters. The van der Waals surface area contributed by atoms with Crippen molar-refractivity contribution in [2.75, 3.05) is 11.1 Å². The first-order chi connectivity index (χ1) is 13.0. The van der Waals surface area contributed by atoms with Gasteiger partial charge in [-0.15, -0.1) is 10.2 Å². The maximum Gasteiger partial charge on any atom is 0.325 e. The third-order valence-corrected chi connectivity index (χ3v) is 4.57. The van der Waals surface area contributed by atoms with Crippen LogP contribution in [-0.4, -0.2) is 32.5 Å². The van der Waals surface area contributed by atoms with Gasteiger partial charge in [-0.05, 0) is 36.4 Å². The first-order valence-corrected chi connectivity index (χ1v) is 8.95. The number of amides is 3. The van der Waals surface area contributed by atoms with Crippen LogP contribution in [0, 0.1) is 5.82 Å². The van der Waals surface area contributed by atoms with Gasteiger partial charge in [-0.2, -0.15) is 0 Å². The molecular formula is C18H16FN5O2S. The minimum absolute atomic E-state index is 0.00238. The second-order valence-electron chi connectivity index (χ2n) is 5.53. The van der Waals surface area contributed by atoms with Crippen LogP contribution in [0.1, 0.15) is 0 Å². The van der Waals surface area contributed by atoms with Crippen molar-refractivity contribution in [3.63, 3.8) is 0 Å². The minimum atomic E-state index is -0.600. The number of carbonyl (C=O) groups is 2. The molecule has 0 saturated heterocycles. The summed E-state index contributed by atoms with van der Waals surface area (Å²) in [6.45, 7) is 0. The van der Waals surface area contributed by atoms with Crippen LogP contribution in [0.15, 0.2) is 59.8 Å². The number of anilines is 1. The number of rotatable bonds is 5. The van der Waals surface area contributed by atoms with E-state index in [1.54, 1.807) is 48.0 Å². The molecule has 0 radical (unpaired) electrons. The Labute approximate surface area is 159 Å². The topological polar surface area (TPSA) is 88.9 Å². The lowest BCUT2D eigenvalue weighted by molar-refractivity contribution is -0.117. The molecule has 0 fully saturated rings. The molecule has 3 rings (SSSR count). The monoisotopic (exact) mass is 385 g/mol. The van der Waals surface area contributed by atoms with E-state index in [1.807, 2.05) is 6.07 Å². The van der Waals surface area contributed by atoms with Crippen LogP contribution >= 0.6 is 11.8 Å². The van der Waals surface area contributed by atoms with Crippen molar-refractivity contribution >= 4 is 29.4 Å². The molecule has 0 saturated carbocycles. The van der Waals surface area contributed by atoms with Gasteiger partial charge in [0.05, 0.1) is 5.75 Å². The normalized spacial score (nSPS) is 10.4. The summed E-state index contributed by atoms with van der Waals surface area (Å²) in [6, 6.07) is 14.1. The van der Waals surface area contributed by atoms with E-state index in [-0.39, 0.29) is 11.6 Å². The average molecular weight is 385 g/mol. The molecule has 7 nitrogen and oxygen atoms in total. The number of nitrogens with zero attached hydrogens (tertiary/aromatic N) is 3. The van der Waals surface area contributed by atoms with Crippen molar-refractivity contribution in [3.8, 4) is 11.4 Å². The first-order valence-electron chi connectivity index (χ1n) is 7.97. The predicted octanol–water partition coefficient (Wildman–Crippen LogP) is 3.06. The summed E-state index contributed by atoms with van der Waals surface area (Å²) >= 11 is 1.15. The lowest BCUT2D eigenvalue weighted by Crippen LogP contribution is -2.35. The van der Waals surface area contributed by atoms with E-state index in [0.717, 1.165) is 11.8 Å². The second-order valence-corrected chi connectivity index (χ2v) is 6.47. The zero-order valence-electron chi connectivity index (χ0n) is 14.3. The Morgan fingerprint density at radius 3 is 2.48 bits per heavy atom. The zero-order valence-corrected chi connectivity index (χ0v) is 15.2. The maximum atomic E-state index is 13.0. The van der Waals surface area contributed by atoms with Crippen LogP contribution in [0.3, 0.4) is 0 Å². The molecular weight excluding hydrogens is 369 g/mol. The molecule has 2 aromatic carbocycles. The molecule has 0 atom stereocenters. The molecule has 0 aliphatic carbocycles. The number of hydrogen-bond acceptors (Lipinski definition) is 5. The summed E-state index contributed by atoms with van der Waals surface area (Å²) in [5.41, 5.74) is 1.30. The van der Waals surface area contributed by atoms with Gasteiger partial charge in [0.15, 0.2) is 11.0 Å². The highest BCUT2D eigenvalue weighted by Gasteiger charge is 2.14. The van der Waals surface area contributed by atoms with Gasteiger partial charge in [-0.25, -0.2) is 9.18 Å². The highest BCUT2D eigenvalue weighted by atomic mass is 32.2. The molecule has 3 aromatic rings. The van der Waals surface area contributed by atoms with E-state index in [0.29, 0.717) is 22.2 Å². The smallest absolute Gasteiger partial charge is 0.308 e. The highest BCUT2D eigenvalue weighted by Crippen LogP contribution is 2.22. The van der Waals surface area contributed by atoms with Crippen molar-refractivity contribution < 1.29 is 14.0 Å². The lowest BCUT2D eigenvalue weighted by Gasteiger charge is -2.06. The van der Waals surface area contributed by atoms with Gasteiger partial charge in [0.1, 0.15) is 5.82 Å². The number of aromatic nitrogens is 3. The Morgan fingerprint density at radius 1 is 1.07 bits per heavy atom. The van der Waals surface area contributed by atoms with Crippen molar-refractivity contribution in [1.29, 1.82) is 0 Å². The third kappa shape index (κ3) is 4.91. The summed E-state index contributed by atoms with van der Waals surface area (Å²) in [5, 5.41) is 13.4. The highest BCUT2D eigenvalue weighted by molar-refractivity contribution is 7.99. The van der Waals surface area contributed by atoms with Gasteiger partial charge >= 0.3 is 6.03 Å². The summed E-state index contributed by atoms with van der Waals surface area (Å²) in [5.74, 6) is -0.238. The Kier molecular flexibility index (Phi) is 5.82. The second kappa shape index (κ2) is 8.45. The number of imide groups is 1. The van der Waals surface area contributed by atoms with Crippen LogP contribution in [0.4, 0.5) is 14.9 Å². The van der Waals surface area contributed by atoms with Gasteiger partial charge < -0.3 is 9.88 Å². The number of nitrogens with one attached hydrogen (secondary N) is 2. The van der Waals surface area contributed by atoms with E-state index in [4.69, 9.17) is 0 Å². The lowest BCUT2D eigenvalue weighted by atomic mass is 10.2. The summed E-state index contributed by atoms with van der Waals surface area (Å²) in [7, 11) is 1.75. The maximum absolute atomic E-state index is 13.0. The van der Waals surface area contributed by atoms with Crippen LogP contribution < -0.4 is 10.6 Å². The molecule has 0 bridgehead atoms. The molecule has 1 aromatic heterocycles. The number of para-hydroxylation sites is 1. The fourth-order valence-corrected chi connectivity index (χ4v) is 2.98. The van der Waals surface area contributed by atoms with E-state index in [9.17, 15) is 14.0 Å². The quantitative estimate of drug-likeness (QED) is 0.659.